The van der Waals surface area contributed by atoms with Gasteiger partial charge >= 0.3 is 0 Å². The van der Waals surface area contributed by atoms with Crippen molar-refractivity contribution in [2.45, 2.75) is 75.8 Å². The zero-order valence-electron chi connectivity index (χ0n) is 22.3. The van der Waals surface area contributed by atoms with Crippen molar-refractivity contribution in [3.8, 4) is 5.75 Å². The van der Waals surface area contributed by atoms with Gasteiger partial charge in [-0.05, 0) is 49.1 Å². The first-order valence-corrected chi connectivity index (χ1v) is 13.2. The summed E-state index contributed by atoms with van der Waals surface area (Å²) in [5.41, 5.74) is 1.11. The summed E-state index contributed by atoms with van der Waals surface area (Å²) in [6, 6.07) is 11.7. The Morgan fingerprint density at radius 2 is 1.95 bits per heavy atom. The third kappa shape index (κ3) is 4.33. The predicted octanol–water partition coefficient (Wildman–Crippen LogP) is 3.75. The molecule has 1 aliphatic carbocycles. The van der Waals surface area contributed by atoms with Crippen LogP contribution in [-0.2, 0) is 9.53 Å². The molecule has 9 nitrogen and oxygen atoms in total. The fourth-order valence-electron chi connectivity index (χ4n) is 6.02. The van der Waals surface area contributed by atoms with Gasteiger partial charge < -0.3 is 25.2 Å². The van der Waals surface area contributed by atoms with E-state index >= 15 is 0 Å². The number of nitrogens with one attached hydrogen (secondary N) is 3. The van der Waals surface area contributed by atoms with Crippen LogP contribution < -0.4 is 15.4 Å². The topological polar surface area (TPSA) is 124 Å². The number of ether oxygens (including phenoxy) is 2. The quantitative estimate of drug-likeness (QED) is 0.460. The molecule has 38 heavy (non-hydrogen) atoms. The minimum Gasteiger partial charge on any atom is -0.490 e. The Morgan fingerprint density at radius 3 is 2.63 bits per heavy atom. The lowest BCUT2D eigenvalue weighted by Gasteiger charge is -2.44. The van der Waals surface area contributed by atoms with E-state index in [1.807, 2.05) is 44.2 Å². The Balaban J connectivity index is 1.45. The van der Waals surface area contributed by atoms with E-state index in [2.05, 4.69) is 10.6 Å². The molecule has 0 aromatic heterocycles. The first-order chi connectivity index (χ1) is 18.1. The van der Waals surface area contributed by atoms with Gasteiger partial charge in [0.15, 0.2) is 5.96 Å². The average molecular weight is 521 g/mol. The van der Waals surface area contributed by atoms with E-state index in [1.54, 1.807) is 26.2 Å². The van der Waals surface area contributed by atoms with Gasteiger partial charge in [0.1, 0.15) is 18.0 Å². The highest BCUT2D eigenvalue weighted by Crippen LogP contribution is 2.46. The van der Waals surface area contributed by atoms with Crippen molar-refractivity contribution >= 4 is 17.8 Å². The van der Waals surface area contributed by atoms with Gasteiger partial charge in [0.05, 0.1) is 24.6 Å². The Hall–Kier alpha value is -3.43. The molecule has 4 atom stereocenters. The predicted molar refractivity (Wildman–Crippen MR) is 142 cm³/mol. The normalized spacial score (nSPS) is 27.7. The molecule has 2 aliphatic heterocycles. The molecule has 5 rings (SSSR count). The molecule has 2 amide bonds. The zero-order chi connectivity index (χ0) is 27.2. The van der Waals surface area contributed by atoms with Gasteiger partial charge in [-0.1, -0.05) is 38.1 Å². The van der Waals surface area contributed by atoms with Crippen molar-refractivity contribution in [3.05, 3.63) is 64.7 Å². The van der Waals surface area contributed by atoms with E-state index < -0.39 is 23.2 Å². The summed E-state index contributed by atoms with van der Waals surface area (Å²) < 4.78 is 11.4. The number of hydrogen-bond acceptors (Lipinski definition) is 6. The Labute approximate surface area is 223 Å². The Bertz CT molecular complexity index is 1250. The van der Waals surface area contributed by atoms with Crippen LogP contribution in [0.3, 0.4) is 0 Å². The summed E-state index contributed by atoms with van der Waals surface area (Å²) in [6.07, 6.45) is 2.05. The molecule has 3 aliphatic rings. The standard InChI is InChI=1S/C29H36N4O5/c1-5-29(6-2)15-24(34)33(27(30)32-29)21-14-23(37-4)18-12-11-17(13-20(18)21)26(35)31-25-19-9-7-8-10-22(19)38-16-28(25,3)36/h7-13,21,23,25,36H,5-6,14-16H2,1-4H3,(H2,30,32)(H,31,35)/t21-,23+,25+,28+/m0/s1. The van der Waals surface area contributed by atoms with Gasteiger partial charge in [-0.15, -0.1) is 0 Å². The van der Waals surface area contributed by atoms with Crippen LogP contribution in [0.5, 0.6) is 5.75 Å². The number of carbonyl (C=O) groups is 2. The van der Waals surface area contributed by atoms with Gasteiger partial charge in [0, 0.05) is 30.2 Å². The highest BCUT2D eigenvalue weighted by molar-refractivity contribution is 6.00. The Kier molecular flexibility index (Phi) is 6.69. The first kappa shape index (κ1) is 26.2. The van der Waals surface area contributed by atoms with E-state index in [4.69, 9.17) is 14.9 Å². The van der Waals surface area contributed by atoms with Crippen LogP contribution in [-0.4, -0.2) is 52.6 Å². The second-order valence-corrected chi connectivity index (χ2v) is 10.8. The molecule has 0 radical (unpaired) electrons. The van der Waals surface area contributed by atoms with Crippen molar-refractivity contribution in [1.82, 2.24) is 15.5 Å². The molecule has 1 fully saturated rings. The Morgan fingerprint density at radius 1 is 1.21 bits per heavy atom. The molecule has 2 heterocycles. The third-order valence-electron chi connectivity index (χ3n) is 8.47. The molecule has 202 valence electrons. The first-order valence-electron chi connectivity index (χ1n) is 13.2. The number of methoxy groups -OCH3 is 1. The van der Waals surface area contributed by atoms with Crippen LogP contribution in [0.15, 0.2) is 42.5 Å². The van der Waals surface area contributed by atoms with Gasteiger partial charge in [-0.2, -0.15) is 0 Å². The van der Waals surface area contributed by atoms with Crippen molar-refractivity contribution in [1.29, 1.82) is 5.41 Å². The van der Waals surface area contributed by atoms with Crippen molar-refractivity contribution in [3.63, 3.8) is 0 Å². The average Bonchev–Trinajstić information content (AvgIpc) is 3.27. The van der Waals surface area contributed by atoms with Crippen LogP contribution in [0.25, 0.3) is 0 Å². The van der Waals surface area contributed by atoms with E-state index in [0.717, 1.165) is 24.0 Å². The number of guanidine groups is 1. The molecule has 2 aromatic rings. The maximum absolute atomic E-state index is 13.5. The SMILES string of the molecule is CCC1(CC)CC(=O)N([C@H]2C[C@@H](OC)c3ccc(C(=O)N[C@@H]4c5ccccc5OC[C@@]4(C)O)cc32)C(=N)N1. The van der Waals surface area contributed by atoms with E-state index in [9.17, 15) is 14.7 Å². The number of hydrogen-bond donors (Lipinski definition) is 4. The van der Waals surface area contributed by atoms with Crippen LogP contribution in [0.4, 0.5) is 0 Å². The van der Waals surface area contributed by atoms with E-state index in [-0.39, 0.29) is 30.5 Å². The lowest BCUT2D eigenvalue weighted by Crippen LogP contribution is -2.62. The lowest BCUT2D eigenvalue weighted by molar-refractivity contribution is -0.133. The fraction of sp³-hybridized carbons (Fsp3) is 0.483. The lowest BCUT2D eigenvalue weighted by atomic mass is 9.86. The number of aliphatic hydroxyl groups is 1. The molecular formula is C29H36N4O5. The summed E-state index contributed by atoms with van der Waals surface area (Å²) >= 11 is 0. The number of amides is 2. The highest BCUT2D eigenvalue weighted by Gasteiger charge is 2.46. The van der Waals surface area contributed by atoms with Crippen LogP contribution in [0.2, 0.25) is 0 Å². The number of rotatable bonds is 6. The third-order valence-corrected chi connectivity index (χ3v) is 8.47. The molecule has 0 saturated carbocycles. The second kappa shape index (κ2) is 9.71. The molecule has 9 heteroatoms. The summed E-state index contributed by atoms with van der Waals surface area (Å²) in [5.74, 6) is 0.270. The van der Waals surface area contributed by atoms with Crippen LogP contribution >= 0.6 is 0 Å². The monoisotopic (exact) mass is 520 g/mol. The minimum absolute atomic E-state index is 0.0555. The van der Waals surface area contributed by atoms with Gasteiger partial charge in [0.2, 0.25) is 5.91 Å². The van der Waals surface area contributed by atoms with Crippen LogP contribution in [0.1, 0.15) is 91.7 Å². The largest absolute Gasteiger partial charge is 0.490 e. The summed E-state index contributed by atoms with van der Waals surface area (Å²) in [5, 5.41) is 26.0. The summed E-state index contributed by atoms with van der Waals surface area (Å²) in [6.45, 7) is 5.75. The van der Waals surface area contributed by atoms with Crippen molar-refractivity contribution < 1.29 is 24.2 Å². The number of carbonyl (C=O) groups excluding carboxylic acids is 2. The molecule has 0 spiro atoms. The van der Waals surface area contributed by atoms with E-state index in [0.29, 0.717) is 29.7 Å². The zero-order valence-corrected chi connectivity index (χ0v) is 22.3. The molecule has 0 unspecified atom stereocenters. The minimum atomic E-state index is -1.30. The van der Waals surface area contributed by atoms with Gasteiger partial charge in [-0.3, -0.25) is 19.9 Å². The number of benzene rings is 2. The summed E-state index contributed by atoms with van der Waals surface area (Å²) in [4.78, 5) is 28.4. The van der Waals surface area contributed by atoms with Crippen molar-refractivity contribution in [2.75, 3.05) is 13.7 Å². The molecular weight excluding hydrogens is 484 g/mol. The van der Waals surface area contributed by atoms with Crippen molar-refractivity contribution in [2.24, 2.45) is 0 Å². The van der Waals surface area contributed by atoms with Gasteiger partial charge in [0.25, 0.3) is 5.91 Å². The molecule has 2 aromatic carbocycles. The number of fused-ring (bicyclic) bond motifs is 2. The molecule has 0 bridgehead atoms. The maximum Gasteiger partial charge on any atom is 0.251 e. The number of para-hydroxylation sites is 1. The molecule has 1 saturated heterocycles. The fourth-order valence-corrected chi connectivity index (χ4v) is 6.02. The van der Waals surface area contributed by atoms with Crippen LogP contribution in [0, 0.1) is 5.41 Å². The highest BCUT2D eigenvalue weighted by atomic mass is 16.5. The van der Waals surface area contributed by atoms with Gasteiger partial charge in [-0.25, -0.2) is 0 Å². The summed E-state index contributed by atoms with van der Waals surface area (Å²) in [7, 11) is 1.63. The van der Waals surface area contributed by atoms with E-state index in [1.165, 1.54) is 4.90 Å². The molecule has 4 N–H and O–H groups in total. The smallest absolute Gasteiger partial charge is 0.251 e. The maximum atomic E-state index is 13.5. The second-order valence-electron chi connectivity index (χ2n) is 10.8. The number of nitrogens with zero attached hydrogens (tertiary/aromatic N) is 1.